The van der Waals surface area contributed by atoms with Crippen LogP contribution in [-0.2, 0) is 15.6 Å². The molecule has 11 rings (SSSR count). The molecule has 2 aliphatic heterocycles. The summed E-state index contributed by atoms with van der Waals surface area (Å²) in [6.45, 7) is 7.76. The van der Waals surface area contributed by atoms with Crippen molar-refractivity contribution >= 4 is 17.0 Å². The summed E-state index contributed by atoms with van der Waals surface area (Å²) >= 11 is 0. The highest BCUT2D eigenvalue weighted by Gasteiger charge is 2.50. The van der Waals surface area contributed by atoms with E-state index in [1.165, 1.54) is 180 Å². The summed E-state index contributed by atoms with van der Waals surface area (Å²) in [7, 11) is 0. The molecule has 0 radical (unpaired) electrons. The van der Waals surface area contributed by atoms with Gasteiger partial charge in [0.2, 0.25) is 0 Å². The Morgan fingerprint density at radius 2 is 1.07 bits per heavy atom. The molecule has 2 N–H and O–H groups in total. The Morgan fingerprint density at radius 1 is 0.528 bits per heavy atom. The number of unbranched alkanes of at least 4 members (excludes halogenated alkanes) is 10. The second-order valence-corrected chi connectivity index (χ2v) is 21.2. The van der Waals surface area contributed by atoms with Crippen LogP contribution in [0.4, 0.5) is 5.69 Å². The van der Waals surface area contributed by atoms with Gasteiger partial charge in [-0.1, -0.05) is 218 Å². The van der Waals surface area contributed by atoms with Gasteiger partial charge in [-0.2, -0.15) is 0 Å². The summed E-state index contributed by atoms with van der Waals surface area (Å²) in [5.41, 5.74) is 21.0. The van der Waals surface area contributed by atoms with Crippen molar-refractivity contribution in [3.63, 3.8) is 0 Å². The van der Waals surface area contributed by atoms with Crippen LogP contribution in [0.1, 0.15) is 168 Å². The lowest BCUT2D eigenvalue weighted by Crippen LogP contribution is -2.30. The van der Waals surface area contributed by atoms with Gasteiger partial charge in [0, 0.05) is 28.9 Å². The SMILES string of the molecule is CCCCCCCCC1(CCCCCCCC)c2ccccc2-c2cc3c(cc21)-c1ccccc1C3(c1ccc(C(C(C)=O)=C(C)O)cc1)c1ccc(-c2ccc3c(c2)-c2ccccc2C2NC=CN32)cc1. The Kier molecular flexibility index (Phi) is 13.1. The molecule has 4 aliphatic rings. The molecule has 364 valence electrons. The average molecular weight is 947 g/mol. The monoisotopic (exact) mass is 947 g/mol. The van der Waals surface area contributed by atoms with E-state index in [4.69, 9.17) is 0 Å². The number of Topliss-reactive ketones (excluding diaryl/α,β-unsaturated/α-hetero) is 1. The third-order valence-electron chi connectivity index (χ3n) is 16.9. The average Bonchev–Trinajstić information content (AvgIpc) is 4.09. The van der Waals surface area contributed by atoms with Gasteiger partial charge in [0.1, 0.15) is 11.9 Å². The number of ketones is 1. The van der Waals surface area contributed by atoms with Crippen LogP contribution in [0.15, 0.2) is 170 Å². The standard InChI is InChI=1S/C68H70N2O2/c1-5-7-9-11-13-21-39-67(40-22-14-12-10-8-6-2)60-27-19-17-24-54(60)57-45-63-58(44-62(57)67)55-25-18-20-28-61(55)68(63,52-36-31-49(32-37-52)65(46(3)71)47(4)72)51-34-29-48(30-35-51)50-33-38-64-59(43-50)53-23-15-16-26-56(53)66-69-41-42-70(64)66/h15-20,23-38,41-45,66,69,71H,5-14,21-22,39-40H2,1-4H3. The summed E-state index contributed by atoms with van der Waals surface area (Å²) < 4.78 is 0. The van der Waals surface area contributed by atoms with E-state index < -0.39 is 5.41 Å². The number of hydrogen-bond acceptors (Lipinski definition) is 4. The number of aliphatic hydroxyl groups is 1. The van der Waals surface area contributed by atoms with E-state index in [0.717, 1.165) is 11.1 Å². The lowest BCUT2D eigenvalue weighted by molar-refractivity contribution is -0.111. The molecule has 72 heavy (non-hydrogen) atoms. The number of allylic oxidation sites excluding steroid dienone is 2. The van der Waals surface area contributed by atoms with Crippen molar-refractivity contribution in [3.05, 3.63) is 214 Å². The van der Waals surface area contributed by atoms with E-state index in [0.29, 0.717) is 5.57 Å². The highest BCUT2D eigenvalue weighted by molar-refractivity contribution is 6.20. The zero-order valence-corrected chi connectivity index (χ0v) is 42.9. The first-order valence-electron chi connectivity index (χ1n) is 27.3. The molecule has 2 unspecified atom stereocenters. The van der Waals surface area contributed by atoms with Gasteiger partial charge in [0.15, 0.2) is 5.78 Å². The normalized spacial score (nSPS) is 17.5. The first kappa shape index (κ1) is 47.4. The fourth-order valence-corrected chi connectivity index (χ4v) is 13.5. The van der Waals surface area contributed by atoms with Crippen molar-refractivity contribution in [2.45, 2.75) is 135 Å². The Bertz CT molecular complexity index is 3190. The molecule has 0 aromatic heterocycles. The van der Waals surface area contributed by atoms with Crippen LogP contribution in [0.2, 0.25) is 0 Å². The molecule has 0 fully saturated rings. The number of fused-ring (bicyclic) bond motifs is 12. The fourth-order valence-electron chi connectivity index (χ4n) is 13.5. The fraction of sp³-hybridized carbons (Fsp3) is 0.309. The summed E-state index contributed by atoms with van der Waals surface area (Å²) in [6.07, 6.45) is 22.1. The molecule has 0 bridgehead atoms. The van der Waals surface area contributed by atoms with Gasteiger partial charge < -0.3 is 15.3 Å². The van der Waals surface area contributed by atoms with Crippen molar-refractivity contribution in [1.29, 1.82) is 0 Å². The predicted octanol–water partition coefficient (Wildman–Crippen LogP) is 17.9. The molecule has 2 heterocycles. The quantitative estimate of drug-likeness (QED) is 0.0482. The maximum Gasteiger partial charge on any atom is 0.163 e. The summed E-state index contributed by atoms with van der Waals surface area (Å²) in [4.78, 5) is 15.3. The number of aliphatic hydroxyl groups excluding tert-OH is 1. The number of hydrogen-bond donors (Lipinski definition) is 2. The molecule has 4 nitrogen and oxygen atoms in total. The van der Waals surface area contributed by atoms with E-state index in [1.807, 2.05) is 12.1 Å². The van der Waals surface area contributed by atoms with Gasteiger partial charge in [0.05, 0.1) is 16.7 Å². The van der Waals surface area contributed by atoms with Crippen molar-refractivity contribution in [3.8, 4) is 44.5 Å². The Labute approximate surface area is 428 Å². The Morgan fingerprint density at radius 3 is 1.72 bits per heavy atom. The van der Waals surface area contributed by atoms with Gasteiger partial charge >= 0.3 is 0 Å². The molecule has 0 saturated carbocycles. The minimum atomic E-state index is -0.677. The van der Waals surface area contributed by atoms with Crippen molar-refractivity contribution in [2.75, 3.05) is 4.90 Å². The Balaban J connectivity index is 1.08. The number of rotatable bonds is 19. The lowest BCUT2D eigenvalue weighted by Gasteiger charge is -2.35. The van der Waals surface area contributed by atoms with Crippen LogP contribution in [0.25, 0.3) is 50.1 Å². The van der Waals surface area contributed by atoms with Crippen molar-refractivity contribution < 1.29 is 9.90 Å². The van der Waals surface area contributed by atoms with Gasteiger partial charge in [0.25, 0.3) is 0 Å². The molecule has 4 heteroatoms. The van der Waals surface area contributed by atoms with Gasteiger partial charge in [-0.15, -0.1) is 0 Å². The molecular weight excluding hydrogens is 877 g/mol. The summed E-state index contributed by atoms with van der Waals surface area (Å²) in [6, 6.07) is 57.3. The molecular formula is C68H70N2O2. The third kappa shape index (κ3) is 7.93. The van der Waals surface area contributed by atoms with Gasteiger partial charge in [-0.25, -0.2) is 0 Å². The van der Waals surface area contributed by atoms with Crippen LogP contribution in [0.3, 0.4) is 0 Å². The molecule has 0 spiro atoms. The largest absolute Gasteiger partial charge is 0.512 e. The zero-order chi connectivity index (χ0) is 49.4. The highest BCUT2D eigenvalue weighted by atomic mass is 16.3. The summed E-state index contributed by atoms with van der Waals surface area (Å²) in [5.74, 6) is -0.112. The second-order valence-electron chi connectivity index (χ2n) is 21.2. The first-order valence-corrected chi connectivity index (χ1v) is 27.3. The highest BCUT2D eigenvalue weighted by Crippen LogP contribution is 2.62. The van der Waals surface area contributed by atoms with E-state index in [1.54, 1.807) is 6.92 Å². The predicted molar refractivity (Wildman–Crippen MR) is 300 cm³/mol. The van der Waals surface area contributed by atoms with Crippen LogP contribution >= 0.6 is 0 Å². The molecule has 0 saturated heterocycles. The smallest absolute Gasteiger partial charge is 0.163 e. The minimum absolute atomic E-state index is 0.0378. The number of carbonyl (C=O) groups is 1. The maximum atomic E-state index is 13.0. The molecule has 2 aliphatic carbocycles. The van der Waals surface area contributed by atoms with Crippen molar-refractivity contribution in [1.82, 2.24) is 5.32 Å². The summed E-state index contributed by atoms with van der Waals surface area (Å²) in [5, 5.41) is 14.3. The molecule has 2 atom stereocenters. The van der Waals surface area contributed by atoms with Crippen LogP contribution in [-0.4, -0.2) is 10.9 Å². The molecule has 0 amide bonds. The number of carbonyl (C=O) groups excluding carboxylic acids is 1. The number of nitrogens with zero attached hydrogens (tertiary/aromatic N) is 1. The number of benzene rings is 7. The lowest BCUT2D eigenvalue weighted by atomic mass is 9.66. The topological polar surface area (TPSA) is 52.6 Å². The Hall–Kier alpha value is -6.91. The molecule has 7 aromatic rings. The first-order chi connectivity index (χ1) is 35.3. The zero-order valence-electron chi connectivity index (χ0n) is 42.9. The number of nitrogens with one attached hydrogen (secondary N) is 1. The van der Waals surface area contributed by atoms with Crippen LogP contribution in [0, 0.1) is 0 Å². The van der Waals surface area contributed by atoms with Crippen LogP contribution < -0.4 is 10.2 Å². The number of anilines is 1. The van der Waals surface area contributed by atoms with Gasteiger partial charge in [-0.3, -0.25) is 4.79 Å². The molecule has 7 aromatic carbocycles. The van der Waals surface area contributed by atoms with E-state index in [2.05, 4.69) is 176 Å². The maximum absolute atomic E-state index is 13.0. The third-order valence-corrected chi connectivity index (χ3v) is 16.9. The second kappa shape index (κ2) is 19.9. The van der Waals surface area contributed by atoms with Gasteiger partial charge in [-0.05, 0) is 129 Å². The van der Waals surface area contributed by atoms with Crippen LogP contribution in [0.5, 0.6) is 0 Å². The van der Waals surface area contributed by atoms with E-state index >= 15 is 0 Å². The van der Waals surface area contributed by atoms with E-state index in [9.17, 15) is 9.90 Å². The van der Waals surface area contributed by atoms with Crippen molar-refractivity contribution in [2.24, 2.45) is 0 Å². The van der Waals surface area contributed by atoms with E-state index in [-0.39, 0.29) is 23.1 Å². The minimum Gasteiger partial charge on any atom is -0.512 e.